The van der Waals surface area contributed by atoms with Crippen LogP contribution in [0.3, 0.4) is 0 Å². The van der Waals surface area contributed by atoms with Gasteiger partial charge in [-0.15, -0.1) is 22.7 Å². The van der Waals surface area contributed by atoms with E-state index in [4.69, 9.17) is 0 Å². The van der Waals surface area contributed by atoms with Crippen molar-refractivity contribution < 1.29 is 0 Å². The number of aryl methyl sites for hydroxylation is 2. The van der Waals surface area contributed by atoms with Crippen LogP contribution in [-0.4, -0.2) is 9.97 Å². The Kier molecular flexibility index (Phi) is 3.49. The molecule has 0 aliphatic carbocycles. The highest BCUT2D eigenvalue weighted by Gasteiger charge is 2.04. The lowest BCUT2D eigenvalue weighted by atomic mass is 10.3. The number of nitrogens with zero attached hydrogens (tertiary/aromatic N) is 2. The lowest BCUT2D eigenvalue weighted by Crippen LogP contribution is -1.89. The minimum atomic E-state index is 0.888. The molecule has 0 N–H and O–H groups in total. The number of hydrogen-bond donors (Lipinski definition) is 0. The fourth-order valence-electron chi connectivity index (χ4n) is 1.45. The highest BCUT2D eigenvalue weighted by Crippen LogP contribution is 2.17. The van der Waals surface area contributed by atoms with Crippen LogP contribution in [0.1, 0.15) is 34.7 Å². The van der Waals surface area contributed by atoms with Crippen molar-refractivity contribution in [1.29, 1.82) is 0 Å². The molecule has 2 heterocycles. The van der Waals surface area contributed by atoms with Crippen LogP contribution in [0.25, 0.3) is 0 Å². The van der Waals surface area contributed by atoms with E-state index in [0.717, 1.165) is 23.5 Å². The average molecular weight is 238 g/mol. The summed E-state index contributed by atoms with van der Waals surface area (Å²) in [6.45, 7) is 4.22. The van der Waals surface area contributed by atoms with Crippen molar-refractivity contribution in [2.45, 2.75) is 33.1 Å². The molecule has 0 saturated carbocycles. The molecule has 0 aliphatic rings. The molecule has 2 aromatic rings. The molecule has 0 atom stereocenters. The summed E-state index contributed by atoms with van der Waals surface area (Å²) >= 11 is 3.45. The fourth-order valence-corrected chi connectivity index (χ4v) is 2.90. The summed E-state index contributed by atoms with van der Waals surface area (Å²) in [4.78, 5) is 9.03. The number of aromatic nitrogens is 2. The second-order valence-electron chi connectivity index (χ2n) is 3.52. The standard InChI is InChI=1S/C11H14N2S2/c1-3-4-9-6-15-11(13-9)5-10-7-14-8(2)12-10/h6-7H,3-5H2,1-2H3. The zero-order valence-corrected chi connectivity index (χ0v) is 10.6. The largest absolute Gasteiger partial charge is 0.246 e. The average Bonchev–Trinajstić information content (AvgIpc) is 2.78. The Morgan fingerprint density at radius 2 is 1.93 bits per heavy atom. The molecule has 2 aromatic heterocycles. The summed E-state index contributed by atoms with van der Waals surface area (Å²) in [5.41, 5.74) is 2.37. The Bertz CT molecular complexity index is 431. The van der Waals surface area contributed by atoms with E-state index in [9.17, 15) is 0 Å². The first kappa shape index (κ1) is 10.8. The maximum Gasteiger partial charge on any atom is 0.0988 e. The molecular weight excluding hydrogens is 224 g/mol. The fraction of sp³-hybridized carbons (Fsp3) is 0.455. The van der Waals surface area contributed by atoms with Gasteiger partial charge in [0, 0.05) is 17.2 Å². The first-order chi connectivity index (χ1) is 7.28. The summed E-state index contributed by atoms with van der Waals surface area (Å²) in [6.07, 6.45) is 3.14. The number of rotatable bonds is 4. The van der Waals surface area contributed by atoms with Crippen molar-refractivity contribution in [2.75, 3.05) is 0 Å². The predicted octanol–water partition coefficient (Wildman–Crippen LogP) is 3.45. The zero-order valence-electron chi connectivity index (χ0n) is 8.99. The van der Waals surface area contributed by atoms with E-state index in [1.54, 1.807) is 22.7 Å². The highest BCUT2D eigenvalue weighted by molar-refractivity contribution is 7.10. The van der Waals surface area contributed by atoms with Gasteiger partial charge in [0.15, 0.2) is 0 Å². The molecule has 80 valence electrons. The first-order valence-electron chi connectivity index (χ1n) is 5.12. The van der Waals surface area contributed by atoms with Gasteiger partial charge in [-0.3, -0.25) is 0 Å². The minimum absolute atomic E-state index is 0.888. The van der Waals surface area contributed by atoms with Gasteiger partial charge < -0.3 is 0 Å². The Balaban J connectivity index is 2.04. The molecular formula is C11H14N2S2. The Labute approximate surface area is 98.0 Å². The van der Waals surface area contributed by atoms with Crippen molar-refractivity contribution >= 4 is 22.7 Å². The third-order valence-electron chi connectivity index (χ3n) is 2.10. The SMILES string of the molecule is CCCc1csc(Cc2csc(C)n2)n1. The molecule has 0 aliphatic heterocycles. The number of hydrogen-bond acceptors (Lipinski definition) is 4. The van der Waals surface area contributed by atoms with Crippen molar-refractivity contribution in [1.82, 2.24) is 9.97 Å². The van der Waals surface area contributed by atoms with Crippen molar-refractivity contribution in [2.24, 2.45) is 0 Å². The van der Waals surface area contributed by atoms with E-state index in [1.165, 1.54) is 17.1 Å². The van der Waals surface area contributed by atoms with Gasteiger partial charge in [-0.2, -0.15) is 0 Å². The monoisotopic (exact) mass is 238 g/mol. The zero-order chi connectivity index (χ0) is 10.7. The molecule has 2 rings (SSSR count). The summed E-state index contributed by atoms with van der Waals surface area (Å²) in [6, 6.07) is 0. The smallest absolute Gasteiger partial charge is 0.0988 e. The Morgan fingerprint density at radius 3 is 2.60 bits per heavy atom. The molecule has 0 amide bonds. The molecule has 4 heteroatoms. The summed E-state index contributed by atoms with van der Waals surface area (Å²) < 4.78 is 0. The van der Waals surface area contributed by atoms with E-state index in [2.05, 4.69) is 27.7 Å². The molecule has 0 fully saturated rings. The molecule has 0 unspecified atom stereocenters. The number of thiazole rings is 2. The second kappa shape index (κ2) is 4.86. The third kappa shape index (κ3) is 2.86. The molecule has 0 aromatic carbocycles. The predicted molar refractivity (Wildman–Crippen MR) is 65.8 cm³/mol. The van der Waals surface area contributed by atoms with Gasteiger partial charge in [0.2, 0.25) is 0 Å². The van der Waals surface area contributed by atoms with Gasteiger partial charge in [0.1, 0.15) is 0 Å². The van der Waals surface area contributed by atoms with Gasteiger partial charge in [-0.05, 0) is 13.3 Å². The van der Waals surface area contributed by atoms with Crippen molar-refractivity contribution in [3.63, 3.8) is 0 Å². The van der Waals surface area contributed by atoms with Crippen molar-refractivity contribution in [3.8, 4) is 0 Å². The minimum Gasteiger partial charge on any atom is -0.246 e. The van der Waals surface area contributed by atoms with Crippen LogP contribution < -0.4 is 0 Å². The van der Waals surface area contributed by atoms with Crippen LogP contribution in [-0.2, 0) is 12.8 Å². The van der Waals surface area contributed by atoms with Crippen LogP contribution in [0.15, 0.2) is 10.8 Å². The molecule has 0 radical (unpaired) electrons. The van der Waals surface area contributed by atoms with Gasteiger partial charge in [-0.1, -0.05) is 13.3 Å². The Hall–Kier alpha value is -0.740. The van der Waals surface area contributed by atoms with Crippen LogP contribution in [0.5, 0.6) is 0 Å². The van der Waals surface area contributed by atoms with Gasteiger partial charge >= 0.3 is 0 Å². The van der Waals surface area contributed by atoms with E-state index in [-0.39, 0.29) is 0 Å². The quantitative estimate of drug-likeness (QED) is 0.815. The molecule has 15 heavy (non-hydrogen) atoms. The van der Waals surface area contributed by atoms with E-state index in [1.807, 2.05) is 6.92 Å². The van der Waals surface area contributed by atoms with E-state index >= 15 is 0 Å². The van der Waals surface area contributed by atoms with Crippen LogP contribution in [0.2, 0.25) is 0 Å². The summed E-state index contributed by atoms with van der Waals surface area (Å²) in [5.74, 6) is 0. The molecule has 0 spiro atoms. The summed E-state index contributed by atoms with van der Waals surface area (Å²) in [7, 11) is 0. The van der Waals surface area contributed by atoms with Gasteiger partial charge in [-0.25, -0.2) is 9.97 Å². The third-order valence-corrected chi connectivity index (χ3v) is 3.82. The normalized spacial score (nSPS) is 10.8. The van der Waals surface area contributed by atoms with Gasteiger partial charge in [0.05, 0.1) is 21.4 Å². The van der Waals surface area contributed by atoms with E-state index < -0.39 is 0 Å². The second-order valence-corrected chi connectivity index (χ2v) is 5.52. The first-order valence-corrected chi connectivity index (χ1v) is 6.88. The Morgan fingerprint density at radius 1 is 1.13 bits per heavy atom. The maximum absolute atomic E-state index is 4.59. The molecule has 0 saturated heterocycles. The van der Waals surface area contributed by atoms with E-state index in [0.29, 0.717) is 0 Å². The van der Waals surface area contributed by atoms with Crippen molar-refractivity contribution in [3.05, 3.63) is 32.2 Å². The summed E-state index contributed by atoms with van der Waals surface area (Å²) in [5, 5.41) is 6.60. The van der Waals surface area contributed by atoms with Crippen LogP contribution in [0.4, 0.5) is 0 Å². The molecule has 0 bridgehead atoms. The maximum atomic E-state index is 4.59. The van der Waals surface area contributed by atoms with Gasteiger partial charge in [0.25, 0.3) is 0 Å². The van der Waals surface area contributed by atoms with Crippen LogP contribution >= 0.6 is 22.7 Å². The lowest BCUT2D eigenvalue weighted by molar-refractivity contribution is 0.881. The topological polar surface area (TPSA) is 25.8 Å². The lowest BCUT2D eigenvalue weighted by Gasteiger charge is -1.91. The molecule has 2 nitrogen and oxygen atoms in total. The van der Waals surface area contributed by atoms with Crippen LogP contribution in [0, 0.1) is 6.92 Å². The highest BCUT2D eigenvalue weighted by atomic mass is 32.1.